The highest BCUT2D eigenvalue weighted by Crippen LogP contribution is 2.40. The summed E-state index contributed by atoms with van der Waals surface area (Å²) in [4.78, 5) is 14.5. The molecule has 1 amide bonds. The molecule has 5 heteroatoms. The average molecular weight is 248 g/mol. The minimum Gasteiger partial charge on any atom is -0.335 e. The van der Waals surface area contributed by atoms with E-state index in [1.54, 1.807) is 10.9 Å². The van der Waals surface area contributed by atoms with Gasteiger partial charge >= 0.3 is 0 Å². The maximum absolute atomic E-state index is 12.4. The summed E-state index contributed by atoms with van der Waals surface area (Å²) < 4.78 is 1.70. The third-order valence-electron chi connectivity index (χ3n) is 4.52. The molecular weight excluding hydrogens is 228 g/mol. The molecule has 1 N–H and O–H groups in total. The lowest BCUT2D eigenvalue weighted by Crippen LogP contribution is -2.48. The van der Waals surface area contributed by atoms with Gasteiger partial charge in [-0.15, -0.1) is 0 Å². The van der Waals surface area contributed by atoms with Crippen molar-refractivity contribution in [2.75, 3.05) is 19.6 Å². The van der Waals surface area contributed by atoms with Crippen molar-refractivity contribution >= 4 is 5.91 Å². The Hall–Kier alpha value is -1.36. The van der Waals surface area contributed by atoms with Gasteiger partial charge in [-0.3, -0.25) is 9.48 Å². The van der Waals surface area contributed by atoms with Crippen LogP contribution >= 0.6 is 0 Å². The molecule has 0 bridgehead atoms. The van der Waals surface area contributed by atoms with Crippen molar-refractivity contribution in [1.82, 2.24) is 20.0 Å². The third-order valence-corrected chi connectivity index (χ3v) is 4.52. The second-order valence-electron chi connectivity index (χ2n) is 5.89. The molecule has 1 aromatic heterocycles. The summed E-state index contributed by atoms with van der Waals surface area (Å²) in [6.45, 7) is 7.67. The first-order valence-electron chi connectivity index (χ1n) is 6.57. The average Bonchev–Trinajstić information content (AvgIpc) is 2.98. The van der Waals surface area contributed by atoms with E-state index in [4.69, 9.17) is 0 Å². The fourth-order valence-electron chi connectivity index (χ4n) is 3.46. The molecule has 0 aromatic carbocycles. The van der Waals surface area contributed by atoms with Gasteiger partial charge in [-0.05, 0) is 31.7 Å². The van der Waals surface area contributed by atoms with Crippen LogP contribution in [0.25, 0.3) is 0 Å². The summed E-state index contributed by atoms with van der Waals surface area (Å²) >= 11 is 0. The Kier molecular flexibility index (Phi) is 2.66. The van der Waals surface area contributed by atoms with E-state index in [0.29, 0.717) is 18.4 Å². The van der Waals surface area contributed by atoms with Crippen LogP contribution in [0.1, 0.15) is 13.8 Å². The molecule has 0 aliphatic carbocycles. The van der Waals surface area contributed by atoms with Gasteiger partial charge in [0.15, 0.2) is 0 Å². The summed E-state index contributed by atoms with van der Waals surface area (Å²) in [5, 5.41) is 7.53. The van der Waals surface area contributed by atoms with Crippen LogP contribution in [0.2, 0.25) is 0 Å². The molecule has 5 nitrogen and oxygen atoms in total. The molecule has 18 heavy (non-hydrogen) atoms. The van der Waals surface area contributed by atoms with Crippen molar-refractivity contribution in [3.05, 3.63) is 18.5 Å². The van der Waals surface area contributed by atoms with Gasteiger partial charge in [-0.1, -0.05) is 0 Å². The fraction of sp³-hybridized carbons (Fsp3) is 0.692. The molecule has 0 spiro atoms. The highest BCUT2D eigenvalue weighted by Gasteiger charge is 2.51. The van der Waals surface area contributed by atoms with Gasteiger partial charge in [0.05, 0.1) is 0 Å². The number of rotatable bonds is 2. The first-order valence-corrected chi connectivity index (χ1v) is 6.57. The van der Waals surface area contributed by atoms with E-state index in [0.717, 1.165) is 19.6 Å². The zero-order chi connectivity index (χ0) is 12.8. The Bertz CT molecular complexity index is 440. The molecule has 1 aromatic rings. The van der Waals surface area contributed by atoms with Crippen LogP contribution in [0.5, 0.6) is 0 Å². The Morgan fingerprint density at radius 3 is 3.00 bits per heavy atom. The molecular formula is C13H20N4O. The van der Waals surface area contributed by atoms with E-state index in [9.17, 15) is 4.79 Å². The highest BCUT2D eigenvalue weighted by molar-refractivity contribution is 5.77. The van der Waals surface area contributed by atoms with Gasteiger partial charge in [0.2, 0.25) is 5.91 Å². The normalized spacial score (nSPS) is 29.6. The van der Waals surface area contributed by atoms with E-state index < -0.39 is 0 Å². The summed E-state index contributed by atoms with van der Waals surface area (Å²) in [6, 6.07) is 1.85. The van der Waals surface area contributed by atoms with Crippen molar-refractivity contribution in [1.29, 1.82) is 0 Å². The smallest absolute Gasteiger partial charge is 0.244 e. The highest BCUT2D eigenvalue weighted by atomic mass is 16.2. The monoisotopic (exact) mass is 248 g/mol. The lowest BCUT2D eigenvalue weighted by Gasteiger charge is -2.35. The Morgan fingerprint density at radius 1 is 1.50 bits per heavy atom. The standard InChI is InChI=1S/C13H20N4O/c1-13(2)11-7-14-6-10(11)8-17(13)12(18)9-16-5-3-4-15-16/h3-5,10-11,14H,6-9H2,1-2H3. The first kappa shape index (κ1) is 11.7. The number of likely N-dealkylation sites (tertiary alicyclic amines) is 1. The number of hydrogen-bond donors (Lipinski definition) is 1. The number of hydrogen-bond acceptors (Lipinski definition) is 3. The summed E-state index contributed by atoms with van der Waals surface area (Å²) in [5.74, 6) is 1.37. The molecule has 2 aliphatic rings. The second-order valence-corrected chi connectivity index (χ2v) is 5.89. The van der Waals surface area contributed by atoms with Gasteiger partial charge in [0, 0.05) is 37.6 Å². The van der Waals surface area contributed by atoms with E-state index in [2.05, 4.69) is 24.3 Å². The Morgan fingerprint density at radius 2 is 2.33 bits per heavy atom. The zero-order valence-electron chi connectivity index (χ0n) is 11.0. The molecule has 2 aliphatic heterocycles. The minimum absolute atomic E-state index is 0.0433. The van der Waals surface area contributed by atoms with Crippen molar-refractivity contribution in [3.63, 3.8) is 0 Å². The van der Waals surface area contributed by atoms with Crippen molar-refractivity contribution in [2.45, 2.75) is 25.9 Å². The lowest BCUT2D eigenvalue weighted by atomic mass is 9.85. The number of aromatic nitrogens is 2. The summed E-state index contributed by atoms with van der Waals surface area (Å²) in [6.07, 6.45) is 3.55. The van der Waals surface area contributed by atoms with Crippen molar-refractivity contribution < 1.29 is 4.79 Å². The number of carbonyl (C=O) groups is 1. The molecule has 3 rings (SSSR count). The molecule has 2 unspecified atom stereocenters. The molecule has 2 fully saturated rings. The van der Waals surface area contributed by atoms with E-state index in [-0.39, 0.29) is 11.4 Å². The van der Waals surface area contributed by atoms with Crippen LogP contribution in [0.3, 0.4) is 0 Å². The van der Waals surface area contributed by atoms with Crippen LogP contribution in [0, 0.1) is 11.8 Å². The number of fused-ring (bicyclic) bond motifs is 1. The Labute approximate surface area is 107 Å². The number of carbonyl (C=O) groups excluding carboxylic acids is 1. The fourth-order valence-corrected chi connectivity index (χ4v) is 3.46. The van der Waals surface area contributed by atoms with Gasteiger partial charge in [-0.25, -0.2) is 0 Å². The van der Waals surface area contributed by atoms with E-state index in [1.807, 2.05) is 17.2 Å². The van der Waals surface area contributed by atoms with Gasteiger partial charge in [0.1, 0.15) is 6.54 Å². The molecule has 98 valence electrons. The maximum Gasteiger partial charge on any atom is 0.244 e. The summed E-state index contributed by atoms with van der Waals surface area (Å²) in [7, 11) is 0. The van der Waals surface area contributed by atoms with Crippen LogP contribution in [-0.2, 0) is 11.3 Å². The maximum atomic E-state index is 12.4. The van der Waals surface area contributed by atoms with Crippen LogP contribution in [-0.4, -0.2) is 45.8 Å². The van der Waals surface area contributed by atoms with Gasteiger partial charge in [-0.2, -0.15) is 5.10 Å². The Balaban J connectivity index is 1.74. The SMILES string of the molecule is CC1(C)C2CNCC2CN1C(=O)Cn1cccn1. The number of amides is 1. The summed E-state index contributed by atoms with van der Waals surface area (Å²) in [5.41, 5.74) is -0.0433. The van der Waals surface area contributed by atoms with Crippen LogP contribution in [0.4, 0.5) is 0 Å². The van der Waals surface area contributed by atoms with Crippen LogP contribution in [0.15, 0.2) is 18.5 Å². The first-order chi connectivity index (χ1) is 8.59. The predicted molar refractivity (Wildman–Crippen MR) is 67.9 cm³/mol. The molecule has 2 saturated heterocycles. The quantitative estimate of drug-likeness (QED) is 0.821. The number of nitrogens with one attached hydrogen (secondary N) is 1. The minimum atomic E-state index is -0.0433. The zero-order valence-corrected chi connectivity index (χ0v) is 11.0. The predicted octanol–water partition coefficient (Wildman–Crippen LogP) is 0.340. The molecule has 2 atom stereocenters. The van der Waals surface area contributed by atoms with Gasteiger partial charge < -0.3 is 10.2 Å². The molecule has 0 saturated carbocycles. The third kappa shape index (κ3) is 1.73. The van der Waals surface area contributed by atoms with Crippen molar-refractivity contribution in [2.24, 2.45) is 11.8 Å². The molecule has 0 radical (unpaired) electrons. The van der Waals surface area contributed by atoms with Crippen molar-refractivity contribution in [3.8, 4) is 0 Å². The van der Waals surface area contributed by atoms with E-state index in [1.165, 1.54) is 0 Å². The largest absolute Gasteiger partial charge is 0.335 e. The topological polar surface area (TPSA) is 50.2 Å². The lowest BCUT2D eigenvalue weighted by molar-refractivity contribution is -0.136. The van der Waals surface area contributed by atoms with E-state index >= 15 is 0 Å². The van der Waals surface area contributed by atoms with Gasteiger partial charge in [0.25, 0.3) is 0 Å². The molecule has 3 heterocycles. The number of nitrogens with zero attached hydrogens (tertiary/aromatic N) is 3. The van der Waals surface area contributed by atoms with Crippen LogP contribution < -0.4 is 5.32 Å². The second kappa shape index (κ2) is 4.09.